The van der Waals surface area contributed by atoms with E-state index in [-0.39, 0.29) is 12.3 Å². The third-order valence-electron chi connectivity index (χ3n) is 3.26. The summed E-state index contributed by atoms with van der Waals surface area (Å²) in [6.45, 7) is 0. The summed E-state index contributed by atoms with van der Waals surface area (Å²) in [4.78, 5) is 10.9. The highest BCUT2D eigenvalue weighted by molar-refractivity contribution is 8.13. The maximum atomic E-state index is 13.7. The lowest BCUT2D eigenvalue weighted by atomic mass is 9.83. The molecule has 110 valence electrons. The van der Waals surface area contributed by atoms with E-state index in [1.54, 1.807) is 0 Å². The van der Waals surface area contributed by atoms with Gasteiger partial charge in [-0.05, 0) is 30.9 Å². The molecule has 0 unspecified atom stereocenters. The zero-order valence-corrected chi connectivity index (χ0v) is 11.9. The average molecular weight is 324 g/mol. The zero-order valence-electron chi connectivity index (χ0n) is 10.3. The number of anilines is 1. The Labute approximate surface area is 119 Å². The van der Waals surface area contributed by atoms with Gasteiger partial charge in [0, 0.05) is 17.1 Å². The molecule has 20 heavy (non-hydrogen) atoms. The molecular weight excluding hydrogens is 312 g/mol. The molecule has 1 aliphatic rings. The first-order valence-electron chi connectivity index (χ1n) is 6.01. The van der Waals surface area contributed by atoms with Crippen LogP contribution in [0.15, 0.2) is 17.0 Å². The Hall–Kier alpha value is -1.21. The highest BCUT2D eigenvalue weighted by atomic mass is 35.7. The highest BCUT2D eigenvalue weighted by Gasteiger charge is 2.23. The molecule has 0 aromatic heterocycles. The number of hydrogen-bond donors (Lipinski definition) is 1. The Balaban J connectivity index is 2.17. The molecule has 1 fully saturated rings. The Morgan fingerprint density at radius 2 is 1.85 bits per heavy atom. The zero-order chi connectivity index (χ0) is 14.9. The van der Waals surface area contributed by atoms with Crippen molar-refractivity contribution in [2.75, 3.05) is 5.32 Å². The van der Waals surface area contributed by atoms with Crippen molar-refractivity contribution in [1.29, 1.82) is 0 Å². The van der Waals surface area contributed by atoms with Gasteiger partial charge in [-0.1, -0.05) is 6.42 Å². The summed E-state index contributed by atoms with van der Waals surface area (Å²) in [6.07, 6.45) is 3.13. The van der Waals surface area contributed by atoms with Gasteiger partial charge < -0.3 is 5.32 Å². The van der Waals surface area contributed by atoms with Crippen LogP contribution in [0.4, 0.5) is 14.5 Å². The van der Waals surface area contributed by atoms with Crippen LogP contribution in [0.2, 0.25) is 0 Å². The molecule has 1 aromatic carbocycles. The standard InChI is InChI=1S/C12H12ClF2NO3S/c13-20(18,19)8-5-9(14)12(10(15)6-8)16-11(17)4-7-2-1-3-7/h5-7H,1-4H2,(H,16,17). The molecule has 1 aromatic rings. The highest BCUT2D eigenvalue weighted by Crippen LogP contribution is 2.30. The number of rotatable bonds is 4. The summed E-state index contributed by atoms with van der Waals surface area (Å²) in [5, 5.41) is 2.13. The molecule has 1 amide bonds. The minimum absolute atomic E-state index is 0.203. The van der Waals surface area contributed by atoms with Gasteiger partial charge in [0.25, 0.3) is 9.05 Å². The predicted molar refractivity (Wildman–Crippen MR) is 70.0 cm³/mol. The van der Waals surface area contributed by atoms with Crippen LogP contribution in [0.25, 0.3) is 0 Å². The number of carbonyl (C=O) groups excluding carboxylic acids is 1. The van der Waals surface area contributed by atoms with Gasteiger partial charge in [-0.2, -0.15) is 0 Å². The van der Waals surface area contributed by atoms with Gasteiger partial charge in [0.15, 0.2) is 11.6 Å². The Bertz CT molecular complexity index is 621. The van der Waals surface area contributed by atoms with E-state index in [0.29, 0.717) is 12.1 Å². The quantitative estimate of drug-likeness (QED) is 0.866. The fourth-order valence-electron chi connectivity index (χ4n) is 1.96. The number of halogens is 3. The topological polar surface area (TPSA) is 63.2 Å². The van der Waals surface area contributed by atoms with Gasteiger partial charge in [-0.15, -0.1) is 0 Å². The third kappa shape index (κ3) is 3.46. The second-order valence-electron chi connectivity index (χ2n) is 4.75. The average Bonchev–Trinajstić information content (AvgIpc) is 2.27. The Morgan fingerprint density at radius 3 is 2.25 bits per heavy atom. The van der Waals surface area contributed by atoms with Crippen molar-refractivity contribution in [3.8, 4) is 0 Å². The minimum atomic E-state index is -4.23. The van der Waals surface area contributed by atoms with E-state index in [2.05, 4.69) is 5.32 Å². The van der Waals surface area contributed by atoms with Gasteiger partial charge in [0.1, 0.15) is 5.69 Å². The van der Waals surface area contributed by atoms with Crippen LogP contribution in [0.1, 0.15) is 25.7 Å². The molecular formula is C12H12ClF2NO3S. The smallest absolute Gasteiger partial charge is 0.261 e. The summed E-state index contributed by atoms with van der Waals surface area (Å²) in [7, 11) is 0.780. The number of nitrogens with one attached hydrogen (secondary N) is 1. The SMILES string of the molecule is O=C(CC1CCC1)Nc1c(F)cc(S(=O)(=O)Cl)cc1F. The molecule has 0 bridgehead atoms. The van der Waals surface area contributed by atoms with Crippen LogP contribution < -0.4 is 5.32 Å². The van der Waals surface area contributed by atoms with E-state index < -0.39 is 37.2 Å². The Kier molecular flexibility index (Phi) is 4.29. The number of benzene rings is 1. The second-order valence-corrected chi connectivity index (χ2v) is 7.31. The normalized spacial score (nSPS) is 15.8. The summed E-state index contributed by atoms with van der Waals surface area (Å²) in [5.74, 6) is -2.59. The van der Waals surface area contributed by atoms with Crippen molar-refractivity contribution in [3.05, 3.63) is 23.8 Å². The van der Waals surface area contributed by atoms with Crippen LogP contribution in [0, 0.1) is 17.6 Å². The van der Waals surface area contributed by atoms with Crippen LogP contribution >= 0.6 is 10.7 Å². The molecule has 0 spiro atoms. The number of amides is 1. The van der Waals surface area contributed by atoms with Crippen molar-refractivity contribution < 1.29 is 22.0 Å². The van der Waals surface area contributed by atoms with Crippen LogP contribution in [0.3, 0.4) is 0 Å². The molecule has 1 aliphatic carbocycles. The lowest BCUT2D eigenvalue weighted by Gasteiger charge is -2.24. The molecule has 0 heterocycles. The van der Waals surface area contributed by atoms with Crippen LogP contribution in [-0.4, -0.2) is 14.3 Å². The molecule has 2 rings (SSSR count). The van der Waals surface area contributed by atoms with Crippen molar-refractivity contribution in [2.24, 2.45) is 5.92 Å². The molecule has 0 saturated heterocycles. The van der Waals surface area contributed by atoms with Gasteiger partial charge in [-0.3, -0.25) is 4.79 Å². The predicted octanol–water partition coefficient (Wildman–Crippen LogP) is 3.02. The molecule has 1 saturated carbocycles. The molecule has 1 N–H and O–H groups in total. The second kappa shape index (κ2) is 5.65. The van der Waals surface area contributed by atoms with Gasteiger partial charge >= 0.3 is 0 Å². The van der Waals surface area contributed by atoms with Crippen LogP contribution in [-0.2, 0) is 13.8 Å². The summed E-state index contributed by atoms with van der Waals surface area (Å²) < 4.78 is 49.3. The maximum absolute atomic E-state index is 13.7. The largest absolute Gasteiger partial charge is 0.321 e. The molecule has 4 nitrogen and oxygen atoms in total. The maximum Gasteiger partial charge on any atom is 0.261 e. The lowest BCUT2D eigenvalue weighted by molar-refractivity contribution is -0.117. The van der Waals surface area contributed by atoms with E-state index in [1.165, 1.54) is 0 Å². The van der Waals surface area contributed by atoms with E-state index in [4.69, 9.17) is 10.7 Å². The first-order valence-corrected chi connectivity index (χ1v) is 8.32. The van der Waals surface area contributed by atoms with Gasteiger partial charge in [-0.25, -0.2) is 17.2 Å². The number of hydrogen-bond acceptors (Lipinski definition) is 3. The molecule has 0 aliphatic heterocycles. The third-order valence-corrected chi connectivity index (χ3v) is 4.59. The summed E-state index contributed by atoms with van der Waals surface area (Å²) in [5.41, 5.74) is -0.654. The monoisotopic (exact) mass is 323 g/mol. The first-order chi connectivity index (χ1) is 9.27. The van der Waals surface area contributed by atoms with Gasteiger partial charge in [0.2, 0.25) is 5.91 Å². The van der Waals surface area contributed by atoms with Crippen LogP contribution in [0.5, 0.6) is 0 Å². The lowest BCUT2D eigenvalue weighted by Crippen LogP contribution is -2.22. The van der Waals surface area contributed by atoms with E-state index in [0.717, 1.165) is 19.3 Å². The minimum Gasteiger partial charge on any atom is -0.321 e. The van der Waals surface area contributed by atoms with Crippen molar-refractivity contribution >= 4 is 31.3 Å². The summed E-state index contributed by atoms with van der Waals surface area (Å²) in [6, 6.07) is 1.15. The first kappa shape index (κ1) is 15.2. The summed E-state index contributed by atoms with van der Waals surface area (Å²) >= 11 is 0. The van der Waals surface area contributed by atoms with E-state index in [1.807, 2.05) is 0 Å². The van der Waals surface area contributed by atoms with E-state index in [9.17, 15) is 22.0 Å². The van der Waals surface area contributed by atoms with E-state index >= 15 is 0 Å². The molecule has 8 heteroatoms. The van der Waals surface area contributed by atoms with Gasteiger partial charge in [0.05, 0.1) is 4.90 Å². The van der Waals surface area contributed by atoms with Crippen molar-refractivity contribution in [1.82, 2.24) is 0 Å². The fourth-order valence-corrected chi connectivity index (χ4v) is 2.72. The fraction of sp³-hybridized carbons (Fsp3) is 0.417. The molecule has 0 radical (unpaired) electrons. The molecule has 0 atom stereocenters. The number of carbonyl (C=O) groups is 1. The Morgan fingerprint density at radius 1 is 1.30 bits per heavy atom. The van der Waals surface area contributed by atoms with Crippen molar-refractivity contribution in [2.45, 2.75) is 30.6 Å². The van der Waals surface area contributed by atoms with Crippen molar-refractivity contribution in [3.63, 3.8) is 0 Å².